The maximum absolute atomic E-state index is 12.7. The minimum absolute atomic E-state index is 0.0233. The van der Waals surface area contributed by atoms with Crippen LogP contribution >= 0.6 is 11.6 Å². The number of piperidine rings is 1. The molecule has 4 heterocycles. The first-order valence-electron chi connectivity index (χ1n) is 11.2. The predicted octanol–water partition coefficient (Wildman–Crippen LogP) is 3.51. The molecular weight excluding hydrogens is 428 g/mol. The Balaban J connectivity index is 1.41. The monoisotopic (exact) mass is 458 g/mol. The van der Waals surface area contributed by atoms with Gasteiger partial charge in [0, 0.05) is 42.9 Å². The van der Waals surface area contributed by atoms with Crippen molar-refractivity contribution >= 4 is 23.2 Å². The van der Waals surface area contributed by atoms with Gasteiger partial charge >= 0.3 is 0 Å². The van der Waals surface area contributed by atoms with Gasteiger partial charge in [-0.3, -0.25) is 9.78 Å². The van der Waals surface area contributed by atoms with Gasteiger partial charge in [0.25, 0.3) is 0 Å². The van der Waals surface area contributed by atoms with Crippen LogP contribution in [0.2, 0.25) is 5.02 Å². The highest BCUT2D eigenvalue weighted by atomic mass is 35.5. The van der Waals surface area contributed by atoms with Gasteiger partial charge in [-0.1, -0.05) is 17.7 Å². The normalized spacial score (nSPS) is 23.0. The second-order valence-electron chi connectivity index (χ2n) is 9.13. The van der Waals surface area contributed by atoms with E-state index in [0.29, 0.717) is 31.2 Å². The van der Waals surface area contributed by atoms with Crippen LogP contribution in [0, 0.1) is 5.92 Å². The summed E-state index contributed by atoms with van der Waals surface area (Å²) in [4.78, 5) is 21.8. The van der Waals surface area contributed by atoms with Crippen LogP contribution in [0.4, 0.5) is 5.82 Å². The first kappa shape index (κ1) is 23.1. The highest BCUT2D eigenvalue weighted by molar-refractivity contribution is 6.33. The van der Waals surface area contributed by atoms with Crippen LogP contribution in [-0.4, -0.2) is 60.3 Å². The lowest BCUT2D eigenvalue weighted by atomic mass is 9.92. The third-order valence-corrected chi connectivity index (χ3v) is 6.18. The van der Waals surface area contributed by atoms with Gasteiger partial charge in [-0.25, -0.2) is 4.98 Å². The summed E-state index contributed by atoms with van der Waals surface area (Å²) in [6.45, 7) is 7.50. The van der Waals surface area contributed by atoms with E-state index in [4.69, 9.17) is 26.1 Å². The minimum Gasteiger partial charge on any atom is -0.371 e. The molecule has 2 saturated heterocycles. The number of hydrogen-bond acceptors (Lipinski definition) is 7. The van der Waals surface area contributed by atoms with E-state index in [1.54, 1.807) is 6.20 Å². The number of anilines is 1. The lowest BCUT2D eigenvalue weighted by Gasteiger charge is -2.35. The summed E-state index contributed by atoms with van der Waals surface area (Å²) in [6.07, 6.45) is 3.87. The number of halogens is 1. The molecule has 4 rings (SSSR count). The zero-order valence-electron chi connectivity index (χ0n) is 18.7. The van der Waals surface area contributed by atoms with E-state index in [9.17, 15) is 4.79 Å². The third-order valence-electron chi connectivity index (χ3n) is 5.88. The molecule has 32 heavy (non-hydrogen) atoms. The van der Waals surface area contributed by atoms with Crippen LogP contribution < -0.4 is 10.6 Å². The summed E-state index contributed by atoms with van der Waals surface area (Å²) in [7, 11) is 0. The summed E-state index contributed by atoms with van der Waals surface area (Å²) in [6, 6.07) is 7.63. The van der Waals surface area contributed by atoms with Crippen molar-refractivity contribution in [3.05, 3.63) is 41.2 Å². The average Bonchev–Trinajstić information content (AvgIpc) is 2.80. The molecule has 8 heteroatoms. The quantitative estimate of drug-likeness (QED) is 0.656. The summed E-state index contributed by atoms with van der Waals surface area (Å²) in [5.41, 5.74) is 1.99. The van der Waals surface area contributed by atoms with Crippen LogP contribution in [0.15, 0.2) is 30.5 Å². The van der Waals surface area contributed by atoms with Crippen molar-refractivity contribution in [2.75, 3.05) is 38.2 Å². The van der Waals surface area contributed by atoms with Crippen LogP contribution in [0.25, 0.3) is 11.3 Å². The van der Waals surface area contributed by atoms with Crippen molar-refractivity contribution in [2.45, 2.75) is 44.8 Å². The maximum Gasteiger partial charge on any atom is 0.143 e. The Bertz CT molecular complexity index is 937. The molecule has 2 aliphatic heterocycles. The van der Waals surface area contributed by atoms with Crippen molar-refractivity contribution < 1.29 is 14.3 Å². The van der Waals surface area contributed by atoms with Crippen LogP contribution in [-0.2, 0) is 20.7 Å². The molecule has 0 saturated carbocycles. The van der Waals surface area contributed by atoms with E-state index in [-0.39, 0.29) is 23.4 Å². The second kappa shape index (κ2) is 10.3. The van der Waals surface area contributed by atoms with Crippen LogP contribution in [0.5, 0.6) is 0 Å². The Morgan fingerprint density at radius 1 is 1.38 bits per heavy atom. The Kier molecular flexibility index (Phi) is 7.40. The number of Topliss-reactive ketones (excluding diaryl/α,β-unsaturated/α-hetero) is 1. The Morgan fingerprint density at radius 3 is 3.00 bits per heavy atom. The Hall–Kier alpha value is -2.06. The fourth-order valence-corrected chi connectivity index (χ4v) is 4.17. The molecule has 0 spiro atoms. The second-order valence-corrected chi connectivity index (χ2v) is 9.54. The van der Waals surface area contributed by atoms with Gasteiger partial charge in [0.05, 0.1) is 35.6 Å². The van der Waals surface area contributed by atoms with E-state index in [1.165, 1.54) is 0 Å². The van der Waals surface area contributed by atoms with Gasteiger partial charge in [0.15, 0.2) is 0 Å². The van der Waals surface area contributed by atoms with Crippen molar-refractivity contribution in [3.8, 4) is 11.3 Å². The smallest absolute Gasteiger partial charge is 0.143 e. The van der Waals surface area contributed by atoms with Crippen molar-refractivity contribution in [2.24, 2.45) is 5.92 Å². The number of aromatic nitrogens is 2. The number of hydrogen-bond donors (Lipinski definition) is 2. The fraction of sp³-hybridized carbons (Fsp3) is 0.542. The molecule has 0 amide bonds. The topological polar surface area (TPSA) is 85.4 Å². The summed E-state index contributed by atoms with van der Waals surface area (Å²) in [5.74, 6) is 1.01. The molecular formula is C24H31ClN4O3. The Labute approximate surface area is 194 Å². The van der Waals surface area contributed by atoms with Crippen molar-refractivity contribution in [1.82, 2.24) is 15.3 Å². The van der Waals surface area contributed by atoms with E-state index in [1.807, 2.05) is 38.1 Å². The standard InChI is InChI=1S/C24H31ClN4O3/c1-24(2)15-31-18(14-32-24)12-28-23-7-3-6-21(29-23)19-9-17(27-13-20(19)25)10-22(30)16-5-4-8-26-11-16/h3,6-7,9,13,16,18,26H,4-5,8,10-12,14-15H2,1-2H3,(H,28,29)/t16-,18+/m1/s1. The molecule has 2 fully saturated rings. The molecule has 2 atom stereocenters. The molecule has 2 aromatic heterocycles. The van der Waals surface area contributed by atoms with Gasteiger partial charge in [-0.2, -0.15) is 0 Å². The molecule has 2 N–H and O–H groups in total. The summed E-state index contributed by atoms with van der Waals surface area (Å²) in [5, 5.41) is 7.13. The minimum atomic E-state index is -0.237. The number of ether oxygens (including phenoxy) is 2. The molecule has 2 aliphatic rings. The summed E-state index contributed by atoms with van der Waals surface area (Å²) < 4.78 is 11.7. The highest BCUT2D eigenvalue weighted by Gasteiger charge is 2.28. The molecule has 0 aromatic carbocycles. The van der Waals surface area contributed by atoms with Crippen LogP contribution in [0.3, 0.4) is 0 Å². The molecule has 0 aliphatic carbocycles. The van der Waals surface area contributed by atoms with Crippen LogP contribution in [0.1, 0.15) is 32.4 Å². The molecule has 2 aromatic rings. The number of pyridine rings is 2. The highest BCUT2D eigenvalue weighted by Crippen LogP contribution is 2.28. The maximum atomic E-state index is 12.7. The molecule has 0 radical (unpaired) electrons. The van der Waals surface area contributed by atoms with Gasteiger partial charge in [-0.05, 0) is 51.4 Å². The zero-order valence-corrected chi connectivity index (χ0v) is 19.5. The van der Waals surface area contributed by atoms with Gasteiger partial charge in [0.2, 0.25) is 0 Å². The third kappa shape index (κ3) is 6.04. The number of nitrogens with one attached hydrogen (secondary N) is 2. The number of rotatable bonds is 7. The number of carbonyl (C=O) groups excluding carboxylic acids is 1. The number of carbonyl (C=O) groups is 1. The molecule has 0 unspecified atom stereocenters. The van der Waals surface area contributed by atoms with Gasteiger partial charge in [-0.15, -0.1) is 0 Å². The molecule has 7 nitrogen and oxygen atoms in total. The zero-order chi connectivity index (χ0) is 22.6. The first-order chi connectivity index (χ1) is 15.4. The summed E-state index contributed by atoms with van der Waals surface area (Å²) >= 11 is 6.44. The van der Waals surface area contributed by atoms with E-state index in [0.717, 1.165) is 48.7 Å². The molecule has 0 bridgehead atoms. The number of nitrogens with zero attached hydrogens (tertiary/aromatic N) is 2. The lowest BCUT2D eigenvalue weighted by Crippen LogP contribution is -2.44. The average molecular weight is 459 g/mol. The number of ketones is 1. The Morgan fingerprint density at radius 2 is 2.25 bits per heavy atom. The predicted molar refractivity (Wildman–Crippen MR) is 125 cm³/mol. The van der Waals surface area contributed by atoms with E-state index >= 15 is 0 Å². The molecule has 172 valence electrons. The van der Waals surface area contributed by atoms with Crippen molar-refractivity contribution in [3.63, 3.8) is 0 Å². The van der Waals surface area contributed by atoms with Gasteiger partial charge in [0.1, 0.15) is 11.6 Å². The van der Waals surface area contributed by atoms with E-state index < -0.39 is 0 Å². The largest absolute Gasteiger partial charge is 0.371 e. The SMILES string of the molecule is CC1(C)CO[C@@H](CNc2cccc(-c3cc(CC(=O)[C@@H]4CCCNC4)ncc3Cl)n2)CO1. The first-order valence-corrected chi connectivity index (χ1v) is 11.6. The fourth-order valence-electron chi connectivity index (χ4n) is 3.97. The van der Waals surface area contributed by atoms with E-state index in [2.05, 4.69) is 15.6 Å². The van der Waals surface area contributed by atoms with Crippen molar-refractivity contribution in [1.29, 1.82) is 0 Å². The van der Waals surface area contributed by atoms with Gasteiger partial charge < -0.3 is 20.1 Å². The lowest BCUT2D eigenvalue weighted by molar-refractivity contribution is -0.170.